The highest BCUT2D eigenvalue weighted by molar-refractivity contribution is 6.37. The van der Waals surface area contributed by atoms with Crippen molar-refractivity contribution in [3.05, 3.63) is 39.9 Å². The first kappa shape index (κ1) is 15.6. The molecule has 5 heteroatoms. The summed E-state index contributed by atoms with van der Waals surface area (Å²) in [5, 5.41) is 1.07. The molecule has 2 nitrogen and oxygen atoms in total. The van der Waals surface area contributed by atoms with Gasteiger partial charge in [0, 0.05) is 12.1 Å². The number of rotatable bonds is 8. The molecule has 1 aromatic carbocycles. The van der Waals surface area contributed by atoms with E-state index in [1.165, 1.54) is 5.54 Å². The summed E-state index contributed by atoms with van der Waals surface area (Å²) in [7, 11) is 0. The van der Waals surface area contributed by atoms with Crippen molar-refractivity contribution in [3.8, 4) is 5.75 Å². The summed E-state index contributed by atoms with van der Waals surface area (Å²) in [4.78, 5) is 0. The molecule has 0 amide bonds. The molecule has 0 spiro atoms. The first-order valence-corrected chi connectivity index (χ1v) is 6.84. The second kappa shape index (κ2) is 9.51. The van der Waals surface area contributed by atoms with E-state index < -0.39 is 0 Å². The van der Waals surface area contributed by atoms with Gasteiger partial charge in [0.2, 0.25) is 0 Å². The summed E-state index contributed by atoms with van der Waals surface area (Å²) in [5.74, 6) is 0.548. The minimum atomic E-state index is 0.533. The molecule has 0 bridgehead atoms. The highest BCUT2D eigenvalue weighted by Crippen LogP contribution is 2.32. The summed E-state index contributed by atoms with van der Waals surface area (Å²) in [5.41, 5.74) is 1.45. The molecular formula is C13H15Cl3O2. The highest BCUT2D eigenvalue weighted by Gasteiger charge is 2.05. The van der Waals surface area contributed by atoms with Crippen molar-refractivity contribution in [2.75, 3.05) is 19.8 Å². The molecule has 0 fully saturated rings. The Balaban J connectivity index is 2.14. The standard InChI is InChI=1S/C13H15Cl3O2/c14-7-4-9-17-8-1-2-10-18-13-11(15)5-3-6-12(13)16/h3-7H,1-2,8-10H2. The summed E-state index contributed by atoms with van der Waals surface area (Å²) < 4.78 is 10.8. The molecule has 0 aliphatic rings. The van der Waals surface area contributed by atoms with Crippen molar-refractivity contribution in [1.29, 1.82) is 0 Å². The van der Waals surface area contributed by atoms with Crippen LogP contribution in [0.2, 0.25) is 10.0 Å². The molecule has 0 saturated carbocycles. The van der Waals surface area contributed by atoms with Crippen molar-refractivity contribution in [2.45, 2.75) is 12.8 Å². The van der Waals surface area contributed by atoms with Gasteiger partial charge in [0.1, 0.15) is 0 Å². The van der Waals surface area contributed by atoms with Gasteiger partial charge in [0.15, 0.2) is 5.75 Å². The summed E-state index contributed by atoms with van der Waals surface area (Å²) in [6.07, 6.45) is 3.55. The fourth-order valence-corrected chi connectivity index (χ4v) is 1.87. The van der Waals surface area contributed by atoms with E-state index in [0.717, 1.165) is 12.8 Å². The van der Waals surface area contributed by atoms with Crippen LogP contribution < -0.4 is 4.74 Å². The predicted octanol–water partition coefficient (Wildman–Crippen LogP) is 4.92. The average molecular weight is 310 g/mol. The van der Waals surface area contributed by atoms with E-state index in [9.17, 15) is 0 Å². The zero-order chi connectivity index (χ0) is 13.2. The fraction of sp³-hybridized carbons (Fsp3) is 0.385. The van der Waals surface area contributed by atoms with Crippen molar-refractivity contribution >= 4 is 34.8 Å². The van der Waals surface area contributed by atoms with E-state index in [-0.39, 0.29) is 0 Å². The summed E-state index contributed by atoms with van der Waals surface area (Å²) in [6.45, 7) is 1.79. The Hall–Kier alpha value is -0.410. The quantitative estimate of drug-likeness (QED) is 0.634. The molecule has 100 valence electrons. The second-order valence-electron chi connectivity index (χ2n) is 3.54. The van der Waals surface area contributed by atoms with E-state index in [2.05, 4.69) is 0 Å². The van der Waals surface area contributed by atoms with Crippen molar-refractivity contribution in [3.63, 3.8) is 0 Å². The Morgan fingerprint density at radius 1 is 1.06 bits per heavy atom. The van der Waals surface area contributed by atoms with Crippen LogP contribution in [0.25, 0.3) is 0 Å². The summed E-state index contributed by atoms with van der Waals surface area (Å²) >= 11 is 17.3. The number of benzene rings is 1. The van der Waals surface area contributed by atoms with Gasteiger partial charge >= 0.3 is 0 Å². The van der Waals surface area contributed by atoms with Crippen LogP contribution >= 0.6 is 34.8 Å². The van der Waals surface area contributed by atoms with Gasteiger partial charge in [-0.2, -0.15) is 0 Å². The Morgan fingerprint density at radius 3 is 2.39 bits per heavy atom. The molecule has 0 aliphatic heterocycles. The van der Waals surface area contributed by atoms with Crippen LogP contribution in [0.1, 0.15) is 12.8 Å². The minimum Gasteiger partial charge on any atom is -0.490 e. The Labute approximate surface area is 122 Å². The lowest BCUT2D eigenvalue weighted by molar-refractivity contribution is 0.152. The molecule has 0 aliphatic carbocycles. The molecule has 1 rings (SSSR count). The first-order chi connectivity index (χ1) is 8.75. The third-order valence-electron chi connectivity index (χ3n) is 2.15. The van der Waals surface area contributed by atoms with Gasteiger partial charge in [0.05, 0.1) is 23.3 Å². The van der Waals surface area contributed by atoms with Crippen LogP contribution in [0, 0.1) is 0 Å². The average Bonchev–Trinajstić information content (AvgIpc) is 2.35. The summed E-state index contributed by atoms with van der Waals surface area (Å²) in [6, 6.07) is 5.30. The molecule has 0 atom stereocenters. The number of hydrogen-bond acceptors (Lipinski definition) is 2. The molecule has 0 unspecified atom stereocenters. The third kappa shape index (κ3) is 5.96. The molecule has 1 aromatic rings. The Kier molecular flexibility index (Phi) is 8.27. The maximum atomic E-state index is 5.97. The van der Waals surface area contributed by atoms with Crippen LogP contribution in [0.5, 0.6) is 5.75 Å². The van der Waals surface area contributed by atoms with Gasteiger partial charge in [-0.3, -0.25) is 0 Å². The lowest BCUT2D eigenvalue weighted by Crippen LogP contribution is -2.01. The molecule has 0 heterocycles. The second-order valence-corrected chi connectivity index (χ2v) is 4.61. The predicted molar refractivity (Wildman–Crippen MR) is 77.0 cm³/mol. The van der Waals surface area contributed by atoms with E-state index >= 15 is 0 Å². The topological polar surface area (TPSA) is 18.5 Å². The van der Waals surface area contributed by atoms with Crippen LogP contribution in [0.15, 0.2) is 29.8 Å². The largest absolute Gasteiger partial charge is 0.490 e. The lowest BCUT2D eigenvalue weighted by atomic mass is 10.3. The minimum absolute atomic E-state index is 0.533. The molecule has 18 heavy (non-hydrogen) atoms. The smallest absolute Gasteiger partial charge is 0.156 e. The maximum absolute atomic E-state index is 5.97. The van der Waals surface area contributed by atoms with Gasteiger partial charge < -0.3 is 9.47 Å². The van der Waals surface area contributed by atoms with Crippen LogP contribution in [0.4, 0.5) is 0 Å². The Morgan fingerprint density at radius 2 is 1.72 bits per heavy atom. The lowest BCUT2D eigenvalue weighted by Gasteiger charge is -2.09. The molecule has 0 saturated heterocycles. The van der Waals surface area contributed by atoms with Crippen LogP contribution in [-0.2, 0) is 4.74 Å². The zero-order valence-electron chi connectivity index (χ0n) is 9.87. The van der Waals surface area contributed by atoms with Gasteiger partial charge in [-0.25, -0.2) is 0 Å². The molecular weight excluding hydrogens is 294 g/mol. The van der Waals surface area contributed by atoms with E-state index in [4.69, 9.17) is 44.3 Å². The SMILES string of the molecule is ClC=CCOCCCCOc1c(Cl)cccc1Cl. The normalized spacial score (nSPS) is 11.1. The maximum Gasteiger partial charge on any atom is 0.156 e. The zero-order valence-corrected chi connectivity index (χ0v) is 12.1. The van der Waals surface area contributed by atoms with Gasteiger partial charge in [-0.1, -0.05) is 40.9 Å². The fourth-order valence-electron chi connectivity index (χ4n) is 1.29. The number of hydrogen-bond donors (Lipinski definition) is 0. The first-order valence-electron chi connectivity index (χ1n) is 5.65. The van der Waals surface area contributed by atoms with E-state index in [1.807, 2.05) is 0 Å². The van der Waals surface area contributed by atoms with Crippen molar-refractivity contribution < 1.29 is 9.47 Å². The number of unbranched alkanes of at least 4 members (excludes halogenated alkanes) is 1. The molecule has 0 N–H and O–H groups in total. The van der Waals surface area contributed by atoms with Gasteiger partial charge in [-0.05, 0) is 31.1 Å². The molecule has 0 radical (unpaired) electrons. The van der Waals surface area contributed by atoms with Gasteiger partial charge in [-0.15, -0.1) is 0 Å². The van der Waals surface area contributed by atoms with Crippen molar-refractivity contribution in [2.24, 2.45) is 0 Å². The Bertz CT molecular complexity index is 360. The van der Waals surface area contributed by atoms with Crippen LogP contribution in [0.3, 0.4) is 0 Å². The van der Waals surface area contributed by atoms with E-state index in [1.54, 1.807) is 24.3 Å². The third-order valence-corrected chi connectivity index (χ3v) is 2.92. The van der Waals surface area contributed by atoms with Crippen molar-refractivity contribution in [1.82, 2.24) is 0 Å². The number of halogens is 3. The van der Waals surface area contributed by atoms with Crippen LogP contribution in [-0.4, -0.2) is 19.8 Å². The van der Waals surface area contributed by atoms with Gasteiger partial charge in [0.25, 0.3) is 0 Å². The number of para-hydroxylation sites is 1. The highest BCUT2D eigenvalue weighted by atomic mass is 35.5. The molecule has 0 aromatic heterocycles. The van der Waals surface area contributed by atoms with E-state index in [0.29, 0.717) is 35.6 Å². The monoisotopic (exact) mass is 308 g/mol. The number of ether oxygens (including phenoxy) is 2.